The summed E-state index contributed by atoms with van der Waals surface area (Å²) < 4.78 is 15.0. The molecular weight excluding hydrogens is 254 g/mol. The van der Waals surface area contributed by atoms with Gasteiger partial charge in [0.1, 0.15) is 13.2 Å². The summed E-state index contributed by atoms with van der Waals surface area (Å²) in [7, 11) is 3.02. The van der Waals surface area contributed by atoms with E-state index in [0.717, 1.165) is 0 Å². The third-order valence-electron chi connectivity index (χ3n) is 2.20. The van der Waals surface area contributed by atoms with Gasteiger partial charge in [0.05, 0.1) is 14.2 Å². The lowest BCUT2D eigenvalue weighted by molar-refractivity contribution is -0.135. The van der Waals surface area contributed by atoms with Crippen molar-refractivity contribution in [2.75, 3.05) is 20.8 Å². The third-order valence-corrected chi connectivity index (χ3v) is 2.20. The van der Waals surface area contributed by atoms with Crippen molar-refractivity contribution in [3.8, 4) is 11.5 Å². The van der Waals surface area contributed by atoms with Gasteiger partial charge in [0, 0.05) is 0 Å². The van der Waals surface area contributed by atoms with E-state index in [0.29, 0.717) is 17.1 Å². The molecule has 0 aliphatic rings. The first-order chi connectivity index (χ1) is 9.06. The Bertz CT molecular complexity index is 460. The summed E-state index contributed by atoms with van der Waals surface area (Å²) in [4.78, 5) is 21.4. The number of alkyl carbamates (subject to hydrolysis) is 1. The van der Waals surface area contributed by atoms with Crippen LogP contribution in [0, 0.1) is 0 Å². The lowest BCUT2D eigenvalue weighted by atomic mass is 10.2. The van der Waals surface area contributed by atoms with Crippen molar-refractivity contribution in [3.05, 3.63) is 23.8 Å². The Labute approximate surface area is 110 Å². The van der Waals surface area contributed by atoms with Crippen LogP contribution >= 0.6 is 0 Å². The first-order valence-corrected chi connectivity index (χ1v) is 5.40. The van der Waals surface area contributed by atoms with Crippen molar-refractivity contribution < 1.29 is 28.9 Å². The molecule has 0 fully saturated rings. The van der Waals surface area contributed by atoms with Crippen molar-refractivity contribution in [1.29, 1.82) is 0 Å². The Balaban J connectivity index is 2.53. The van der Waals surface area contributed by atoms with Crippen LogP contribution in [0.15, 0.2) is 18.2 Å². The van der Waals surface area contributed by atoms with Gasteiger partial charge in [-0.3, -0.25) is 4.79 Å². The van der Waals surface area contributed by atoms with Crippen LogP contribution in [-0.2, 0) is 16.1 Å². The molecule has 0 atom stereocenters. The normalized spacial score (nSPS) is 9.58. The summed E-state index contributed by atoms with van der Waals surface area (Å²) in [5.74, 6) is -0.0424. The average molecular weight is 269 g/mol. The van der Waals surface area contributed by atoms with Crippen molar-refractivity contribution >= 4 is 12.1 Å². The van der Waals surface area contributed by atoms with Crippen molar-refractivity contribution in [1.82, 2.24) is 5.32 Å². The van der Waals surface area contributed by atoms with E-state index in [1.807, 2.05) is 0 Å². The average Bonchev–Trinajstić information content (AvgIpc) is 2.42. The summed E-state index contributed by atoms with van der Waals surface area (Å²) in [5, 5.41) is 10.5. The summed E-state index contributed by atoms with van der Waals surface area (Å²) in [6.07, 6.45) is -0.794. The molecule has 0 saturated carbocycles. The van der Waals surface area contributed by atoms with E-state index in [2.05, 4.69) is 5.32 Å². The summed E-state index contributed by atoms with van der Waals surface area (Å²) >= 11 is 0. The highest BCUT2D eigenvalue weighted by molar-refractivity contribution is 5.76. The molecule has 7 heteroatoms. The van der Waals surface area contributed by atoms with Crippen LogP contribution < -0.4 is 14.8 Å². The second kappa shape index (κ2) is 7.10. The molecule has 0 aliphatic heterocycles. The Kier molecular flexibility index (Phi) is 5.46. The van der Waals surface area contributed by atoms with Crippen LogP contribution in [0.5, 0.6) is 11.5 Å². The predicted octanol–water partition coefficient (Wildman–Crippen LogP) is 1.01. The number of amides is 1. The molecule has 0 aliphatic carbocycles. The van der Waals surface area contributed by atoms with E-state index in [1.165, 1.54) is 14.2 Å². The number of methoxy groups -OCH3 is 2. The minimum absolute atomic E-state index is 0.00576. The van der Waals surface area contributed by atoms with Crippen LogP contribution in [0.4, 0.5) is 4.79 Å². The molecule has 7 nitrogen and oxygen atoms in total. The van der Waals surface area contributed by atoms with Gasteiger partial charge in [-0.2, -0.15) is 0 Å². The standard InChI is InChI=1S/C12H15NO6/c1-17-9-4-3-8(5-10(9)18-2)7-19-12(16)13-6-11(14)15/h3-5H,6-7H2,1-2H3,(H,13,16)(H,14,15). The molecule has 1 amide bonds. The second-order valence-electron chi connectivity index (χ2n) is 3.51. The number of carboxylic acid groups (broad SMARTS) is 1. The molecule has 104 valence electrons. The van der Waals surface area contributed by atoms with Crippen LogP contribution in [0.1, 0.15) is 5.56 Å². The number of carbonyl (C=O) groups is 2. The first kappa shape index (κ1) is 14.6. The number of carboxylic acids is 1. The predicted molar refractivity (Wildman–Crippen MR) is 65.4 cm³/mol. The number of rotatable bonds is 6. The zero-order valence-electron chi connectivity index (χ0n) is 10.6. The summed E-state index contributed by atoms with van der Waals surface area (Å²) in [6.45, 7) is -0.476. The van der Waals surface area contributed by atoms with E-state index in [9.17, 15) is 9.59 Å². The van der Waals surface area contributed by atoms with Crippen LogP contribution in [-0.4, -0.2) is 37.9 Å². The number of nitrogens with one attached hydrogen (secondary N) is 1. The van der Waals surface area contributed by atoms with Gasteiger partial charge in [-0.25, -0.2) is 4.79 Å². The molecule has 0 spiro atoms. The fraction of sp³-hybridized carbons (Fsp3) is 0.333. The topological polar surface area (TPSA) is 94.1 Å². The molecule has 0 radical (unpaired) electrons. The largest absolute Gasteiger partial charge is 0.493 e. The number of benzene rings is 1. The number of hydrogen-bond acceptors (Lipinski definition) is 5. The van der Waals surface area contributed by atoms with Gasteiger partial charge in [-0.15, -0.1) is 0 Å². The van der Waals surface area contributed by atoms with Gasteiger partial charge in [0.15, 0.2) is 11.5 Å². The Morgan fingerprint density at radius 1 is 1.21 bits per heavy atom. The Morgan fingerprint density at radius 2 is 1.89 bits per heavy atom. The quantitative estimate of drug-likeness (QED) is 0.800. The maximum absolute atomic E-state index is 11.1. The Hall–Kier alpha value is -2.44. The van der Waals surface area contributed by atoms with Gasteiger partial charge < -0.3 is 24.6 Å². The van der Waals surface area contributed by atoms with Crippen molar-refractivity contribution in [3.63, 3.8) is 0 Å². The van der Waals surface area contributed by atoms with E-state index in [4.69, 9.17) is 19.3 Å². The summed E-state index contributed by atoms with van der Waals surface area (Å²) in [5.41, 5.74) is 0.697. The lowest BCUT2D eigenvalue weighted by Gasteiger charge is -2.10. The molecule has 1 aromatic rings. The van der Waals surface area contributed by atoms with E-state index >= 15 is 0 Å². The van der Waals surface area contributed by atoms with E-state index < -0.39 is 18.6 Å². The molecular formula is C12H15NO6. The number of aliphatic carboxylic acids is 1. The lowest BCUT2D eigenvalue weighted by Crippen LogP contribution is -2.29. The zero-order valence-corrected chi connectivity index (χ0v) is 10.6. The van der Waals surface area contributed by atoms with Gasteiger partial charge in [-0.05, 0) is 17.7 Å². The maximum atomic E-state index is 11.1. The van der Waals surface area contributed by atoms with Gasteiger partial charge in [0.2, 0.25) is 0 Å². The monoisotopic (exact) mass is 269 g/mol. The minimum atomic E-state index is -1.14. The van der Waals surface area contributed by atoms with E-state index in [1.54, 1.807) is 18.2 Å². The molecule has 0 bridgehead atoms. The van der Waals surface area contributed by atoms with Crippen molar-refractivity contribution in [2.45, 2.75) is 6.61 Å². The minimum Gasteiger partial charge on any atom is -0.493 e. The smallest absolute Gasteiger partial charge is 0.407 e. The molecule has 2 N–H and O–H groups in total. The molecule has 0 heterocycles. The fourth-order valence-electron chi connectivity index (χ4n) is 1.32. The summed E-state index contributed by atoms with van der Waals surface area (Å²) in [6, 6.07) is 5.07. The van der Waals surface area contributed by atoms with Crippen LogP contribution in [0.25, 0.3) is 0 Å². The van der Waals surface area contributed by atoms with Gasteiger partial charge >= 0.3 is 12.1 Å². The van der Waals surface area contributed by atoms with E-state index in [-0.39, 0.29) is 6.61 Å². The van der Waals surface area contributed by atoms with Gasteiger partial charge in [0.25, 0.3) is 0 Å². The molecule has 0 aromatic heterocycles. The second-order valence-corrected chi connectivity index (χ2v) is 3.51. The third kappa shape index (κ3) is 4.74. The highest BCUT2D eigenvalue weighted by Gasteiger charge is 2.08. The highest BCUT2D eigenvalue weighted by Crippen LogP contribution is 2.27. The highest BCUT2D eigenvalue weighted by atomic mass is 16.5. The number of hydrogen-bond donors (Lipinski definition) is 2. The SMILES string of the molecule is COc1ccc(COC(=O)NCC(=O)O)cc1OC. The van der Waals surface area contributed by atoms with Crippen LogP contribution in [0.3, 0.4) is 0 Å². The first-order valence-electron chi connectivity index (χ1n) is 5.40. The Morgan fingerprint density at radius 3 is 2.47 bits per heavy atom. The zero-order chi connectivity index (χ0) is 14.3. The molecule has 1 aromatic carbocycles. The van der Waals surface area contributed by atoms with Crippen LogP contribution in [0.2, 0.25) is 0 Å². The molecule has 0 unspecified atom stereocenters. The number of carbonyl (C=O) groups excluding carboxylic acids is 1. The molecule has 19 heavy (non-hydrogen) atoms. The van der Waals surface area contributed by atoms with Gasteiger partial charge in [-0.1, -0.05) is 6.07 Å². The number of ether oxygens (including phenoxy) is 3. The maximum Gasteiger partial charge on any atom is 0.407 e. The molecule has 1 rings (SSSR count). The van der Waals surface area contributed by atoms with Crippen molar-refractivity contribution in [2.24, 2.45) is 0 Å². The fourth-order valence-corrected chi connectivity index (χ4v) is 1.32. The molecule has 0 saturated heterocycles.